The summed E-state index contributed by atoms with van der Waals surface area (Å²) >= 11 is 0. The number of furan rings is 1. The molecule has 2 rings (SSSR count). The molecule has 0 amide bonds. The Morgan fingerprint density at radius 3 is 2.58 bits per heavy atom. The minimum Gasteiger partial charge on any atom is -0.468 e. The van der Waals surface area contributed by atoms with Crippen LogP contribution in [0.15, 0.2) is 22.8 Å². The van der Waals surface area contributed by atoms with Crippen molar-refractivity contribution in [2.24, 2.45) is 11.7 Å². The quantitative estimate of drug-likeness (QED) is 0.801. The Labute approximate surface area is 117 Å². The molecule has 1 fully saturated rings. The van der Waals surface area contributed by atoms with Crippen LogP contribution in [0.3, 0.4) is 0 Å². The number of hydrogen-bond acceptors (Lipinski definition) is 3. The molecule has 3 nitrogen and oxygen atoms in total. The molecule has 108 valence electrons. The van der Waals surface area contributed by atoms with Crippen molar-refractivity contribution in [3.63, 3.8) is 0 Å². The highest BCUT2D eigenvalue weighted by atomic mass is 16.3. The second-order valence-electron chi connectivity index (χ2n) is 5.70. The van der Waals surface area contributed by atoms with Crippen LogP contribution in [0.5, 0.6) is 0 Å². The van der Waals surface area contributed by atoms with E-state index in [9.17, 15) is 0 Å². The van der Waals surface area contributed by atoms with Crippen LogP contribution in [0.2, 0.25) is 0 Å². The van der Waals surface area contributed by atoms with E-state index in [4.69, 9.17) is 10.2 Å². The van der Waals surface area contributed by atoms with Gasteiger partial charge in [0.2, 0.25) is 0 Å². The summed E-state index contributed by atoms with van der Waals surface area (Å²) in [6.07, 6.45) is 9.99. The van der Waals surface area contributed by atoms with E-state index in [-0.39, 0.29) is 0 Å². The number of rotatable bonds is 6. The summed E-state index contributed by atoms with van der Waals surface area (Å²) in [6, 6.07) is 4.53. The number of likely N-dealkylation sites (N-methyl/N-ethyl adjacent to an activating group) is 1. The average molecular weight is 264 g/mol. The second kappa shape index (κ2) is 7.71. The third kappa shape index (κ3) is 4.08. The van der Waals surface area contributed by atoms with E-state index in [0.29, 0.717) is 6.04 Å². The summed E-state index contributed by atoms with van der Waals surface area (Å²) in [5.74, 6) is 1.82. The average Bonchev–Trinajstić information content (AvgIpc) is 2.80. The normalized spacial score (nSPS) is 19.5. The van der Waals surface area contributed by atoms with E-state index in [1.54, 1.807) is 6.26 Å². The van der Waals surface area contributed by atoms with E-state index in [0.717, 1.165) is 31.3 Å². The highest BCUT2D eigenvalue weighted by Crippen LogP contribution is 2.28. The minimum absolute atomic E-state index is 0.508. The maximum absolute atomic E-state index is 6.09. The van der Waals surface area contributed by atoms with Crippen LogP contribution in [0.4, 0.5) is 0 Å². The summed E-state index contributed by atoms with van der Waals surface area (Å²) < 4.78 is 5.49. The molecule has 1 atom stereocenters. The first-order chi connectivity index (χ1) is 9.35. The van der Waals surface area contributed by atoms with Crippen molar-refractivity contribution in [3.8, 4) is 0 Å². The first-order valence-corrected chi connectivity index (χ1v) is 7.81. The van der Waals surface area contributed by atoms with Crippen LogP contribution in [-0.2, 0) is 6.54 Å². The highest BCUT2D eigenvalue weighted by molar-refractivity contribution is 4.99. The molecule has 19 heavy (non-hydrogen) atoms. The summed E-state index contributed by atoms with van der Waals surface area (Å²) in [5, 5.41) is 0. The highest BCUT2D eigenvalue weighted by Gasteiger charge is 2.26. The predicted molar refractivity (Wildman–Crippen MR) is 78.8 cm³/mol. The Kier molecular flexibility index (Phi) is 5.93. The Hall–Kier alpha value is -0.800. The van der Waals surface area contributed by atoms with E-state index in [1.807, 2.05) is 6.07 Å². The zero-order valence-corrected chi connectivity index (χ0v) is 12.2. The van der Waals surface area contributed by atoms with Gasteiger partial charge in [-0.1, -0.05) is 32.6 Å². The van der Waals surface area contributed by atoms with Gasteiger partial charge in [0.25, 0.3) is 0 Å². The topological polar surface area (TPSA) is 42.4 Å². The van der Waals surface area contributed by atoms with Gasteiger partial charge in [-0.2, -0.15) is 0 Å². The molecule has 0 bridgehead atoms. The van der Waals surface area contributed by atoms with Gasteiger partial charge in [-0.15, -0.1) is 0 Å². The maximum atomic E-state index is 6.09. The molecule has 3 heteroatoms. The van der Waals surface area contributed by atoms with E-state index in [2.05, 4.69) is 17.9 Å². The van der Waals surface area contributed by atoms with Gasteiger partial charge in [-0.25, -0.2) is 0 Å². The number of hydrogen-bond donors (Lipinski definition) is 1. The standard InChI is InChI=1S/C16H28N2O/c1-2-18(13-15-10-7-11-19-15)16(12-17)14-8-5-3-4-6-9-14/h7,10-11,14,16H,2-6,8-9,12-13,17H2,1H3. The van der Waals surface area contributed by atoms with Crippen molar-refractivity contribution in [1.29, 1.82) is 0 Å². The first kappa shape index (κ1) is 14.6. The monoisotopic (exact) mass is 264 g/mol. The molecule has 0 spiro atoms. The van der Waals surface area contributed by atoms with Gasteiger partial charge in [0.1, 0.15) is 5.76 Å². The molecule has 0 saturated heterocycles. The molecule has 1 heterocycles. The van der Waals surface area contributed by atoms with Crippen LogP contribution >= 0.6 is 0 Å². The third-order valence-electron chi connectivity index (χ3n) is 4.50. The summed E-state index contributed by atoms with van der Waals surface area (Å²) in [7, 11) is 0. The molecule has 1 unspecified atom stereocenters. The van der Waals surface area contributed by atoms with E-state index >= 15 is 0 Å². The molecule has 0 radical (unpaired) electrons. The summed E-state index contributed by atoms with van der Waals surface area (Å²) in [5.41, 5.74) is 6.09. The molecular weight excluding hydrogens is 236 g/mol. The van der Waals surface area contributed by atoms with Crippen LogP contribution in [0.25, 0.3) is 0 Å². The lowest BCUT2D eigenvalue weighted by Crippen LogP contribution is -2.45. The lowest BCUT2D eigenvalue weighted by molar-refractivity contribution is 0.126. The van der Waals surface area contributed by atoms with E-state index in [1.165, 1.54) is 38.5 Å². The molecule has 2 N–H and O–H groups in total. The van der Waals surface area contributed by atoms with E-state index < -0.39 is 0 Å². The fourth-order valence-corrected chi connectivity index (χ4v) is 3.40. The summed E-state index contributed by atoms with van der Waals surface area (Å²) in [6.45, 7) is 4.92. The van der Waals surface area contributed by atoms with Gasteiger partial charge < -0.3 is 10.2 Å². The maximum Gasteiger partial charge on any atom is 0.117 e. The first-order valence-electron chi connectivity index (χ1n) is 7.81. The van der Waals surface area contributed by atoms with Crippen molar-refractivity contribution in [3.05, 3.63) is 24.2 Å². The Morgan fingerprint density at radius 1 is 1.32 bits per heavy atom. The summed E-state index contributed by atoms with van der Waals surface area (Å²) in [4.78, 5) is 2.49. The zero-order chi connectivity index (χ0) is 13.5. The van der Waals surface area contributed by atoms with Crippen molar-refractivity contribution in [2.45, 2.75) is 58.0 Å². The van der Waals surface area contributed by atoms with Crippen LogP contribution in [0.1, 0.15) is 51.2 Å². The molecule has 1 aromatic rings. The van der Waals surface area contributed by atoms with Gasteiger partial charge >= 0.3 is 0 Å². The number of nitrogens with two attached hydrogens (primary N) is 1. The molecule has 1 saturated carbocycles. The van der Waals surface area contributed by atoms with Gasteiger partial charge in [0.05, 0.1) is 12.8 Å². The minimum atomic E-state index is 0.508. The third-order valence-corrected chi connectivity index (χ3v) is 4.50. The molecule has 1 aliphatic rings. The Bertz CT molecular complexity index is 329. The van der Waals surface area contributed by atoms with Crippen molar-refractivity contribution >= 4 is 0 Å². The predicted octanol–water partition coefficient (Wildman–Crippen LogP) is 3.40. The molecule has 0 aliphatic heterocycles. The van der Waals surface area contributed by atoms with Crippen LogP contribution in [-0.4, -0.2) is 24.0 Å². The van der Waals surface area contributed by atoms with Gasteiger partial charge in [0, 0.05) is 12.6 Å². The van der Waals surface area contributed by atoms with Crippen molar-refractivity contribution in [1.82, 2.24) is 4.90 Å². The largest absolute Gasteiger partial charge is 0.468 e. The lowest BCUT2D eigenvalue weighted by atomic mass is 9.90. The fraction of sp³-hybridized carbons (Fsp3) is 0.750. The lowest BCUT2D eigenvalue weighted by Gasteiger charge is -2.35. The van der Waals surface area contributed by atoms with Crippen molar-refractivity contribution < 1.29 is 4.42 Å². The smallest absolute Gasteiger partial charge is 0.117 e. The zero-order valence-electron chi connectivity index (χ0n) is 12.2. The van der Waals surface area contributed by atoms with Gasteiger partial charge in [0.15, 0.2) is 0 Å². The molecule has 1 aromatic heterocycles. The van der Waals surface area contributed by atoms with Crippen LogP contribution in [0, 0.1) is 5.92 Å². The molecule has 1 aliphatic carbocycles. The number of nitrogens with zero attached hydrogens (tertiary/aromatic N) is 1. The molecular formula is C16H28N2O. The molecule has 0 aromatic carbocycles. The van der Waals surface area contributed by atoms with Crippen molar-refractivity contribution in [2.75, 3.05) is 13.1 Å². The second-order valence-corrected chi connectivity index (χ2v) is 5.70. The van der Waals surface area contributed by atoms with Gasteiger partial charge in [-0.3, -0.25) is 4.90 Å². The van der Waals surface area contributed by atoms with Crippen LogP contribution < -0.4 is 5.73 Å². The van der Waals surface area contributed by atoms with Gasteiger partial charge in [-0.05, 0) is 37.4 Å². The fourth-order valence-electron chi connectivity index (χ4n) is 3.40. The SMILES string of the molecule is CCN(Cc1ccco1)C(CN)C1CCCCCC1. The Balaban J connectivity index is 1.99. The Morgan fingerprint density at radius 2 is 2.05 bits per heavy atom.